The van der Waals surface area contributed by atoms with Crippen LogP contribution in [0, 0.1) is 0 Å². The molecule has 0 saturated carbocycles. The zero-order chi connectivity index (χ0) is 16.4. The Labute approximate surface area is 145 Å². The summed E-state index contributed by atoms with van der Waals surface area (Å²) in [6.07, 6.45) is 2.47. The zero-order valence-electron chi connectivity index (χ0n) is 13.6. The number of hydrogen-bond acceptors (Lipinski definition) is 5. The molecule has 2 saturated heterocycles. The van der Waals surface area contributed by atoms with E-state index in [1.54, 1.807) is 16.8 Å². The Morgan fingerprint density at radius 3 is 3.17 bits per heavy atom. The molecule has 1 amide bonds. The lowest BCUT2D eigenvalue weighted by atomic mass is 10.1. The van der Waals surface area contributed by atoms with Crippen LogP contribution in [0.5, 0.6) is 5.75 Å². The molecule has 0 bridgehead atoms. The molecule has 2 aliphatic heterocycles. The number of piperazine rings is 1. The SMILES string of the molecule is O=C(c1cccc(OCc2cscn2)c1)N1CCN2CCCC2C1. The summed E-state index contributed by atoms with van der Waals surface area (Å²) < 4.78 is 5.76. The molecule has 2 aromatic rings. The second kappa shape index (κ2) is 6.91. The molecule has 0 aliphatic carbocycles. The highest BCUT2D eigenvalue weighted by Crippen LogP contribution is 2.23. The van der Waals surface area contributed by atoms with Crippen LogP contribution in [0.2, 0.25) is 0 Å². The number of thiazole rings is 1. The first-order chi connectivity index (χ1) is 11.8. The van der Waals surface area contributed by atoms with Crippen molar-refractivity contribution < 1.29 is 9.53 Å². The minimum atomic E-state index is 0.112. The van der Waals surface area contributed by atoms with E-state index >= 15 is 0 Å². The smallest absolute Gasteiger partial charge is 0.254 e. The van der Waals surface area contributed by atoms with Crippen LogP contribution in [-0.4, -0.2) is 52.9 Å². The van der Waals surface area contributed by atoms with Crippen LogP contribution in [0.25, 0.3) is 0 Å². The molecule has 126 valence electrons. The summed E-state index contributed by atoms with van der Waals surface area (Å²) in [6, 6.07) is 8.04. The molecule has 2 fully saturated rings. The van der Waals surface area contributed by atoms with Crippen molar-refractivity contribution in [3.63, 3.8) is 0 Å². The topological polar surface area (TPSA) is 45.7 Å². The van der Waals surface area contributed by atoms with Crippen LogP contribution in [0.1, 0.15) is 28.9 Å². The maximum Gasteiger partial charge on any atom is 0.254 e. The average Bonchev–Trinajstić information content (AvgIpc) is 3.30. The average molecular weight is 343 g/mol. The van der Waals surface area contributed by atoms with Gasteiger partial charge in [0.1, 0.15) is 12.4 Å². The fourth-order valence-electron chi connectivity index (χ4n) is 3.54. The van der Waals surface area contributed by atoms with Gasteiger partial charge in [0.25, 0.3) is 5.91 Å². The van der Waals surface area contributed by atoms with E-state index in [0.29, 0.717) is 24.0 Å². The van der Waals surface area contributed by atoms with E-state index in [-0.39, 0.29) is 5.91 Å². The number of carbonyl (C=O) groups is 1. The van der Waals surface area contributed by atoms with Crippen molar-refractivity contribution in [1.29, 1.82) is 0 Å². The Morgan fingerprint density at radius 2 is 2.29 bits per heavy atom. The number of ether oxygens (including phenoxy) is 1. The standard InChI is InChI=1S/C18H21N3O2S/c22-18(21-8-7-20-6-2-4-16(20)10-21)14-3-1-5-17(9-14)23-11-15-12-24-13-19-15/h1,3,5,9,12-13,16H,2,4,6-8,10-11H2. The minimum Gasteiger partial charge on any atom is -0.487 e. The van der Waals surface area contributed by atoms with E-state index in [0.717, 1.165) is 25.3 Å². The Morgan fingerprint density at radius 1 is 1.33 bits per heavy atom. The molecule has 4 rings (SSSR count). The highest BCUT2D eigenvalue weighted by Gasteiger charge is 2.32. The highest BCUT2D eigenvalue weighted by atomic mass is 32.1. The first-order valence-electron chi connectivity index (χ1n) is 8.43. The molecular formula is C18H21N3O2S. The second-order valence-electron chi connectivity index (χ2n) is 6.38. The number of carbonyl (C=O) groups excluding carboxylic acids is 1. The Kier molecular flexibility index (Phi) is 4.49. The molecule has 1 aromatic heterocycles. The zero-order valence-corrected chi connectivity index (χ0v) is 14.4. The molecule has 0 N–H and O–H groups in total. The number of aromatic nitrogens is 1. The van der Waals surface area contributed by atoms with E-state index < -0.39 is 0 Å². The monoisotopic (exact) mass is 343 g/mol. The van der Waals surface area contributed by atoms with Gasteiger partial charge in [0.2, 0.25) is 0 Å². The summed E-state index contributed by atoms with van der Waals surface area (Å²) in [4.78, 5) is 21.5. The largest absolute Gasteiger partial charge is 0.487 e. The summed E-state index contributed by atoms with van der Waals surface area (Å²) in [6.45, 7) is 4.28. The Balaban J connectivity index is 1.41. The third-order valence-corrected chi connectivity index (χ3v) is 5.46. The van der Waals surface area contributed by atoms with Crippen LogP contribution in [-0.2, 0) is 6.61 Å². The molecule has 1 aromatic carbocycles. The van der Waals surface area contributed by atoms with Gasteiger partial charge in [-0.2, -0.15) is 0 Å². The van der Waals surface area contributed by atoms with Gasteiger partial charge in [-0.25, -0.2) is 4.98 Å². The van der Waals surface area contributed by atoms with Gasteiger partial charge in [-0.05, 0) is 37.6 Å². The number of rotatable bonds is 4. The van der Waals surface area contributed by atoms with E-state index in [2.05, 4.69) is 9.88 Å². The van der Waals surface area contributed by atoms with Gasteiger partial charge in [0.05, 0.1) is 11.2 Å². The number of hydrogen-bond donors (Lipinski definition) is 0. The lowest BCUT2D eigenvalue weighted by molar-refractivity contribution is 0.0571. The van der Waals surface area contributed by atoms with Gasteiger partial charge in [-0.3, -0.25) is 9.69 Å². The molecule has 2 aliphatic rings. The highest BCUT2D eigenvalue weighted by molar-refractivity contribution is 7.07. The number of benzene rings is 1. The quantitative estimate of drug-likeness (QED) is 0.856. The predicted octanol–water partition coefficient (Wildman–Crippen LogP) is 2.64. The Hall–Kier alpha value is -1.92. The molecule has 1 atom stereocenters. The summed E-state index contributed by atoms with van der Waals surface area (Å²) in [5.41, 5.74) is 3.41. The lowest BCUT2D eigenvalue weighted by Gasteiger charge is -2.37. The third kappa shape index (κ3) is 3.30. The summed E-state index contributed by atoms with van der Waals surface area (Å²) in [5, 5.41) is 1.97. The van der Waals surface area contributed by atoms with Crippen molar-refractivity contribution in [2.24, 2.45) is 0 Å². The van der Waals surface area contributed by atoms with E-state index in [1.165, 1.54) is 19.4 Å². The molecule has 1 unspecified atom stereocenters. The fourth-order valence-corrected chi connectivity index (χ4v) is 4.09. The predicted molar refractivity (Wildman–Crippen MR) is 93.4 cm³/mol. The maximum absolute atomic E-state index is 12.8. The van der Waals surface area contributed by atoms with E-state index in [9.17, 15) is 4.79 Å². The van der Waals surface area contributed by atoms with Crippen LogP contribution in [0.15, 0.2) is 35.2 Å². The first kappa shape index (κ1) is 15.6. The number of nitrogens with zero attached hydrogens (tertiary/aromatic N) is 3. The normalized spacial score (nSPS) is 20.8. The van der Waals surface area contributed by atoms with Gasteiger partial charge in [0, 0.05) is 36.6 Å². The van der Waals surface area contributed by atoms with Gasteiger partial charge in [0.15, 0.2) is 0 Å². The van der Waals surface area contributed by atoms with Crippen molar-refractivity contribution >= 4 is 17.2 Å². The van der Waals surface area contributed by atoms with Crippen molar-refractivity contribution in [1.82, 2.24) is 14.8 Å². The van der Waals surface area contributed by atoms with Gasteiger partial charge in [-0.1, -0.05) is 6.07 Å². The molecule has 24 heavy (non-hydrogen) atoms. The van der Waals surface area contributed by atoms with Gasteiger partial charge in [-0.15, -0.1) is 11.3 Å². The van der Waals surface area contributed by atoms with Crippen LogP contribution >= 0.6 is 11.3 Å². The van der Waals surface area contributed by atoms with E-state index in [4.69, 9.17) is 4.74 Å². The third-order valence-electron chi connectivity index (χ3n) is 4.83. The van der Waals surface area contributed by atoms with E-state index in [1.807, 2.05) is 34.5 Å². The second-order valence-corrected chi connectivity index (χ2v) is 7.10. The van der Waals surface area contributed by atoms with Crippen molar-refractivity contribution in [3.05, 3.63) is 46.4 Å². The first-order valence-corrected chi connectivity index (χ1v) is 9.37. The van der Waals surface area contributed by atoms with Crippen molar-refractivity contribution in [2.45, 2.75) is 25.5 Å². The summed E-state index contributed by atoms with van der Waals surface area (Å²) >= 11 is 1.55. The molecular weight excluding hydrogens is 322 g/mol. The van der Waals surface area contributed by atoms with Crippen LogP contribution in [0.3, 0.4) is 0 Å². The number of fused-ring (bicyclic) bond motifs is 1. The lowest BCUT2D eigenvalue weighted by Crippen LogP contribution is -2.52. The summed E-state index contributed by atoms with van der Waals surface area (Å²) in [7, 11) is 0. The van der Waals surface area contributed by atoms with Gasteiger partial charge < -0.3 is 9.64 Å². The number of amides is 1. The van der Waals surface area contributed by atoms with Crippen molar-refractivity contribution in [3.8, 4) is 5.75 Å². The molecule has 6 heteroatoms. The molecule has 0 spiro atoms. The molecule has 3 heterocycles. The molecule has 5 nitrogen and oxygen atoms in total. The van der Waals surface area contributed by atoms with Crippen LogP contribution in [0.4, 0.5) is 0 Å². The van der Waals surface area contributed by atoms with Crippen LogP contribution < -0.4 is 4.74 Å². The minimum absolute atomic E-state index is 0.112. The van der Waals surface area contributed by atoms with Crippen molar-refractivity contribution in [2.75, 3.05) is 26.2 Å². The van der Waals surface area contributed by atoms with Gasteiger partial charge >= 0.3 is 0 Å². The Bertz CT molecular complexity index is 704. The maximum atomic E-state index is 12.8. The summed E-state index contributed by atoms with van der Waals surface area (Å²) in [5.74, 6) is 0.828. The molecule has 0 radical (unpaired) electrons. The fraction of sp³-hybridized carbons (Fsp3) is 0.444.